The molecule has 1 aromatic rings. The maximum Gasteiger partial charge on any atom is 0.339 e. The van der Waals surface area contributed by atoms with Gasteiger partial charge in [0, 0.05) is 6.08 Å². The number of methoxy groups -OCH3 is 2. The molecule has 0 aliphatic carbocycles. The molecule has 0 saturated carbocycles. The molecule has 1 saturated heterocycles. The molecular weight excluding hydrogens is 352 g/mol. The van der Waals surface area contributed by atoms with Crippen molar-refractivity contribution in [2.45, 2.75) is 0 Å². The van der Waals surface area contributed by atoms with Gasteiger partial charge in [0.2, 0.25) is 5.91 Å². The van der Waals surface area contributed by atoms with Crippen molar-refractivity contribution in [3.05, 3.63) is 40.3 Å². The lowest BCUT2D eigenvalue weighted by atomic mass is 10.1. The summed E-state index contributed by atoms with van der Waals surface area (Å²) in [4.78, 5) is 57.9. The maximum atomic E-state index is 12.1. The Morgan fingerprint density at radius 3 is 2.36 bits per heavy atom. The normalized spacial score (nSPS) is 14.9. The van der Waals surface area contributed by atoms with E-state index in [0.29, 0.717) is 11.8 Å². The van der Waals surface area contributed by atoms with Gasteiger partial charge in [-0.05, 0) is 30.0 Å². The summed E-state index contributed by atoms with van der Waals surface area (Å²) in [5, 5.41) is 3.80. The highest BCUT2D eigenvalue weighted by Gasteiger charge is 2.26. The van der Waals surface area contributed by atoms with Gasteiger partial charge in [0.05, 0.1) is 35.9 Å². The third kappa shape index (κ3) is 4.23. The minimum atomic E-state index is -0.764. The number of ether oxygens (including phenoxy) is 2. The van der Waals surface area contributed by atoms with Crippen LogP contribution in [0.2, 0.25) is 0 Å². The largest absolute Gasteiger partial charge is 0.465 e. The molecule has 1 fully saturated rings. The zero-order chi connectivity index (χ0) is 18.6. The molecule has 0 aromatic heterocycles. The van der Waals surface area contributed by atoms with E-state index in [4.69, 9.17) is 0 Å². The van der Waals surface area contributed by atoms with E-state index < -0.39 is 29.0 Å². The zero-order valence-corrected chi connectivity index (χ0v) is 13.9. The number of anilines is 1. The molecule has 3 amide bonds. The number of rotatable bonds is 4. The number of thioether (sulfide) groups is 1. The van der Waals surface area contributed by atoms with E-state index in [1.165, 1.54) is 25.3 Å². The SMILES string of the molecule is COC(=O)c1ccc(C(=O)OC)c(NC(=O)/C=C2\SC(=O)NC2=O)c1. The number of carbonyl (C=O) groups excluding carboxylic acids is 5. The lowest BCUT2D eigenvalue weighted by Crippen LogP contribution is -2.19. The zero-order valence-electron chi connectivity index (χ0n) is 13.1. The molecule has 130 valence electrons. The van der Waals surface area contributed by atoms with Crippen LogP contribution in [0.4, 0.5) is 10.5 Å². The standard InChI is InChI=1S/C15H12N2O7S/c1-23-13(20)7-3-4-8(14(21)24-2)9(5-7)16-11(18)6-10-12(19)17-15(22)25-10/h3-6H,1-2H3,(H,16,18)(H,17,19,22)/b10-6-. The van der Waals surface area contributed by atoms with Crippen molar-refractivity contribution >= 4 is 46.4 Å². The van der Waals surface area contributed by atoms with Gasteiger partial charge < -0.3 is 14.8 Å². The van der Waals surface area contributed by atoms with Gasteiger partial charge in [0.25, 0.3) is 11.1 Å². The summed E-state index contributed by atoms with van der Waals surface area (Å²) in [6.45, 7) is 0. The second-order valence-corrected chi connectivity index (χ2v) is 5.60. The van der Waals surface area contributed by atoms with Crippen molar-refractivity contribution in [1.29, 1.82) is 0 Å². The number of nitrogens with one attached hydrogen (secondary N) is 2. The van der Waals surface area contributed by atoms with Crippen LogP contribution >= 0.6 is 11.8 Å². The first-order valence-corrected chi connectivity index (χ1v) is 7.54. The second kappa shape index (κ2) is 7.62. The fourth-order valence-electron chi connectivity index (χ4n) is 1.89. The quantitative estimate of drug-likeness (QED) is 0.600. The van der Waals surface area contributed by atoms with Crippen LogP contribution in [0.1, 0.15) is 20.7 Å². The van der Waals surface area contributed by atoms with E-state index in [0.717, 1.165) is 13.2 Å². The van der Waals surface area contributed by atoms with Gasteiger partial charge in [-0.1, -0.05) is 0 Å². The first-order chi connectivity index (χ1) is 11.8. The van der Waals surface area contributed by atoms with E-state index in [9.17, 15) is 24.0 Å². The molecule has 0 unspecified atom stereocenters. The van der Waals surface area contributed by atoms with Crippen LogP contribution in [0.3, 0.4) is 0 Å². The lowest BCUT2D eigenvalue weighted by Gasteiger charge is -2.10. The van der Waals surface area contributed by atoms with Crippen LogP contribution in [0.5, 0.6) is 0 Å². The summed E-state index contributed by atoms with van der Waals surface area (Å²) in [5.41, 5.74) is 0.0918. The molecule has 9 nitrogen and oxygen atoms in total. The first-order valence-electron chi connectivity index (χ1n) is 6.72. The molecule has 0 radical (unpaired) electrons. The molecule has 2 rings (SSSR count). The molecule has 1 aliphatic heterocycles. The Morgan fingerprint density at radius 1 is 1.12 bits per heavy atom. The van der Waals surface area contributed by atoms with Crippen molar-refractivity contribution in [2.24, 2.45) is 0 Å². The number of benzene rings is 1. The third-order valence-corrected chi connectivity index (χ3v) is 3.82. The molecular formula is C15H12N2O7S. The number of hydrogen-bond donors (Lipinski definition) is 2. The highest BCUT2D eigenvalue weighted by atomic mass is 32.2. The van der Waals surface area contributed by atoms with Gasteiger partial charge in [0.1, 0.15) is 0 Å². The highest BCUT2D eigenvalue weighted by molar-refractivity contribution is 8.18. The Balaban J connectivity index is 2.32. The van der Waals surface area contributed by atoms with Crippen LogP contribution < -0.4 is 10.6 Å². The monoisotopic (exact) mass is 364 g/mol. The van der Waals surface area contributed by atoms with Crippen molar-refractivity contribution in [1.82, 2.24) is 5.32 Å². The summed E-state index contributed by atoms with van der Waals surface area (Å²) in [6, 6.07) is 3.87. The van der Waals surface area contributed by atoms with Crippen LogP contribution in [0, 0.1) is 0 Å². The Labute approximate surface area is 145 Å². The average Bonchev–Trinajstić information content (AvgIpc) is 2.90. The minimum absolute atomic E-state index is 0.00139. The van der Waals surface area contributed by atoms with Crippen molar-refractivity contribution in [2.75, 3.05) is 19.5 Å². The van der Waals surface area contributed by atoms with Gasteiger partial charge in [-0.25, -0.2) is 9.59 Å². The van der Waals surface area contributed by atoms with Crippen molar-refractivity contribution in [3.8, 4) is 0 Å². The lowest BCUT2D eigenvalue weighted by molar-refractivity contribution is -0.116. The molecule has 25 heavy (non-hydrogen) atoms. The van der Waals surface area contributed by atoms with Crippen LogP contribution in [0.25, 0.3) is 0 Å². The molecule has 1 aliphatic rings. The molecule has 2 N–H and O–H groups in total. The summed E-state index contributed by atoms with van der Waals surface area (Å²) in [6.07, 6.45) is 0.913. The van der Waals surface area contributed by atoms with Gasteiger partial charge in [0.15, 0.2) is 0 Å². The Morgan fingerprint density at radius 2 is 1.80 bits per heavy atom. The fraction of sp³-hybridized carbons (Fsp3) is 0.133. The van der Waals surface area contributed by atoms with Gasteiger partial charge in [-0.2, -0.15) is 0 Å². The Hall–Kier alpha value is -3.14. The van der Waals surface area contributed by atoms with Gasteiger partial charge in [-0.15, -0.1) is 0 Å². The van der Waals surface area contributed by atoms with Crippen molar-refractivity contribution < 1.29 is 33.4 Å². The van der Waals surface area contributed by atoms with Crippen LogP contribution in [-0.4, -0.2) is 43.2 Å². The number of carbonyl (C=O) groups is 5. The van der Waals surface area contributed by atoms with Crippen LogP contribution in [0.15, 0.2) is 29.2 Å². The van der Waals surface area contributed by atoms with E-state index >= 15 is 0 Å². The molecule has 0 atom stereocenters. The van der Waals surface area contributed by atoms with E-state index in [-0.39, 0.29) is 21.7 Å². The summed E-state index contributed by atoms with van der Waals surface area (Å²) in [5.74, 6) is -2.86. The molecule has 0 bridgehead atoms. The average molecular weight is 364 g/mol. The predicted octanol–water partition coefficient (Wildman–Crippen LogP) is 1.07. The fourth-order valence-corrected chi connectivity index (χ4v) is 2.54. The second-order valence-electron chi connectivity index (χ2n) is 4.59. The summed E-state index contributed by atoms with van der Waals surface area (Å²) in [7, 11) is 2.35. The number of amides is 3. The smallest absolute Gasteiger partial charge is 0.339 e. The molecule has 10 heteroatoms. The number of imide groups is 1. The molecule has 1 aromatic carbocycles. The van der Waals surface area contributed by atoms with Gasteiger partial charge in [-0.3, -0.25) is 19.7 Å². The number of hydrogen-bond acceptors (Lipinski definition) is 8. The minimum Gasteiger partial charge on any atom is -0.465 e. The highest BCUT2D eigenvalue weighted by Crippen LogP contribution is 2.24. The summed E-state index contributed by atoms with van der Waals surface area (Å²) < 4.78 is 9.20. The first kappa shape index (κ1) is 18.2. The van der Waals surface area contributed by atoms with Crippen molar-refractivity contribution in [3.63, 3.8) is 0 Å². The van der Waals surface area contributed by atoms with Gasteiger partial charge >= 0.3 is 11.9 Å². The Bertz CT molecular complexity index is 816. The maximum absolute atomic E-state index is 12.1. The van der Waals surface area contributed by atoms with E-state index in [1.54, 1.807) is 0 Å². The van der Waals surface area contributed by atoms with E-state index in [1.807, 2.05) is 5.32 Å². The van der Waals surface area contributed by atoms with E-state index in [2.05, 4.69) is 14.8 Å². The van der Waals surface area contributed by atoms with Crippen LogP contribution in [-0.2, 0) is 19.1 Å². The molecule has 0 spiro atoms. The molecule has 1 heterocycles. The summed E-state index contributed by atoms with van der Waals surface area (Å²) >= 11 is 0.574. The number of esters is 2. The Kier molecular flexibility index (Phi) is 5.55. The topological polar surface area (TPSA) is 128 Å². The third-order valence-electron chi connectivity index (χ3n) is 3.01. The predicted molar refractivity (Wildman–Crippen MR) is 87.0 cm³/mol.